The molecule has 3 nitrogen and oxygen atoms in total. The van der Waals surface area contributed by atoms with Crippen LogP contribution in [0.5, 0.6) is 0 Å². The van der Waals surface area contributed by atoms with Gasteiger partial charge in [-0.1, -0.05) is 24.6 Å². The van der Waals surface area contributed by atoms with Crippen molar-refractivity contribution in [3.63, 3.8) is 0 Å². The number of nitrogens with one attached hydrogen (secondary N) is 1. The number of nitrogens with zero attached hydrogens (tertiary/aromatic N) is 2. The Hall–Kier alpha value is -1.61. The molecule has 0 amide bonds. The molecule has 0 radical (unpaired) electrons. The van der Waals surface area contributed by atoms with Gasteiger partial charge in [-0.25, -0.2) is 0 Å². The molecule has 0 fully saturated rings. The summed E-state index contributed by atoms with van der Waals surface area (Å²) in [4.78, 5) is 0. The largest absolute Gasteiger partial charge is 0.310 e. The number of likely N-dealkylation sites (N-methyl/N-ethyl adjacent to an activating group) is 1. The SMILES string of the molecule is CCNC(Cc1cnn(C)c1)c1c(C)cc(C)cc1C. The van der Waals surface area contributed by atoms with Crippen molar-refractivity contribution in [3.8, 4) is 0 Å². The zero-order valence-corrected chi connectivity index (χ0v) is 13.2. The smallest absolute Gasteiger partial charge is 0.0522 e. The highest BCUT2D eigenvalue weighted by atomic mass is 15.2. The van der Waals surface area contributed by atoms with Gasteiger partial charge in [-0.2, -0.15) is 5.10 Å². The third kappa shape index (κ3) is 3.28. The maximum absolute atomic E-state index is 4.27. The van der Waals surface area contributed by atoms with Crippen LogP contribution >= 0.6 is 0 Å². The summed E-state index contributed by atoms with van der Waals surface area (Å²) in [5.74, 6) is 0. The lowest BCUT2D eigenvalue weighted by Crippen LogP contribution is -2.24. The number of hydrogen-bond acceptors (Lipinski definition) is 2. The van der Waals surface area contributed by atoms with E-state index >= 15 is 0 Å². The lowest BCUT2D eigenvalue weighted by molar-refractivity contribution is 0.544. The van der Waals surface area contributed by atoms with Gasteiger partial charge in [-0.3, -0.25) is 4.68 Å². The zero-order chi connectivity index (χ0) is 14.7. The average Bonchev–Trinajstić information content (AvgIpc) is 2.73. The highest BCUT2D eigenvalue weighted by Crippen LogP contribution is 2.26. The van der Waals surface area contributed by atoms with E-state index in [-0.39, 0.29) is 0 Å². The standard InChI is InChI=1S/C17H25N3/c1-6-18-16(9-15-10-19-20(5)11-15)17-13(3)7-12(2)8-14(17)4/h7-8,10-11,16,18H,6,9H2,1-5H3. The van der Waals surface area contributed by atoms with Crippen LogP contribution in [0.15, 0.2) is 24.5 Å². The van der Waals surface area contributed by atoms with Crippen LogP contribution in [0.4, 0.5) is 0 Å². The topological polar surface area (TPSA) is 29.9 Å². The Kier molecular flexibility index (Phi) is 4.61. The number of benzene rings is 1. The number of rotatable bonds is 5. The van der Waals surface area contributed by atoms with Crippen molar-refractivity contribution in [1.82, 2.24) is 15.1 Å². The summed E-state index contributed by atoms with van der Waals surface area (Å²) in [7, 11) is 1.97. The van der Waals surface area contributed by atoms with E-state index in [1.54, 1.807) is 0 Å². The van der Waals surface area contributed by atoms with Gasteiger partial charge in [0, 0.05) is 19.3 Å². The highest BCUT2D eigenvalue weighted by molar-refractivity contribution is 5.40. The molecule has 1 N–H and O–H groups in total. The number of aryl methyl sites for hydroxylation is 4. The summed E-state index contributed by atoms with van der Waals surface area (Å²) in [6.45, 7) is 9.71. The first kappa shape index (κ1) is 14.8. The normalized spacial score (nSPS) is 12.7. The molecule has 1 unspecified atom stereocenters. The monoisotopic (exact) mass is 271 g/mol. The van der Waals surface area contributed by atoms with E-state index in [4.69, 9.17) is 0 Å². The number of hydrogen-bond donors (Lipinski definition) is 1. The minimum Gasteiger partial charge on any atom is -0.310 e. The van der Waals surface area contributed by atoms with Gasteiger partial charge < -0.3 is 5.32 Å². The fraction of sp³-hybridized carbons (Fsp3) is 0.471. The van der Waals surface area contributed by atoms with Gasteiger partial charge in [-0.15, -0.1) is 0 Å². The molecule has 0 aliphatic rings. The molecular formula is C17H25N3. The van der Waals surface area contributed by atoms with Crippen LogP contribution < -0.4 is 5.32 Å². The molecule has 3 heteroatoms. The van der Waals surface area contributed by atoms with Gasteiger partial charge in [0.05, 0.1) is 6.20 Å². The Balaban J connectivity index is 2.33. The molecule has 0 spiro atoms. The summed E-state index contributed by atoms with van der Waals surface area (Å²) >= 11 is 0. The predicted molar refractivity (Wildman–Crippen MR) is 84.0 cm³/mol. The zero-order valence-electron chi connectivity index (χ0n) is 13.2. The van der Waals surface area contributed by atoms with Gasteiger partial charge in [-0.05, 0) is 56.0 Å². The quantitative estimate of drug-likeness (QED) is 0.904. The predicted octanol–water partition coefficient (Wildman–Crippen LogP) is 3.24. The highest BCUT2D eigenvalue weighted by Gasteiger charge is 2.17. The van der Waals surface area contributed by atoms with Crippen LogP contribution in [0.1, 0.15) is 40.8 Å². The molecule has 0 aliphatic carbocycles. The molecule has 20 heavy (non-hydrogen) atoms. The summed E-state index contributed by atoms with van der Waals surface area (Å²) in [5.41, 5.74) is 6.79. The van der Waals surface area contributed by atoms with E-state index < -0.39 is 0 Å². The number of aromatic nitrogens is 2. The Morgan fingerprint density at radius 1 is 1.20 bits per heavy atom. The first-order chi connectivity index (χ1) is 9.51. The molecule has 108 valence electrons. The molecule has 1 aromatic carbocycles. The third-order valence-corrected chi connectivity index (χ3v) is 3.74. The van der Waals surface area contributed by atoms with Crippen molar-refractivity contribution in [2.45, 2.75) is 40.2 Å². The lowest BCUT2D eigenvalue weighted by Gasteiger charge is -2.22. The van der Waals surface area contributed by atoms with Crippen LogP contribution in [0.25, 0.3) is 0 Å². The van der Waals surface area contributed by atoms with E-state index in [0.717, 1.165) is 13.0 Å². The maximum Gasteiger partial charge on any atom is 0.0522 e. The van der Waals surface area contributed by atoms with Gasteiger partial charge in [0.15, 0.2) is 0 Å². The van der Waals surface area contributed by atoms with Crippen LogP contribution in [-0.2, 0) is 13.5 Å². The fourth-order valence-corrected chi connectivity index (χ4v) is 3.08. The van der Waals surface area contributed by atoms with E-state index in [0.29, 0.717) is 6.04 Å². The molecule has 1 atom stereocenters. The van der Waals surface area contributed by atoms with Crippen molar-refractivity contribution < 1.29 is 0 Å². The molecule has 2 aromatic rings. The third-order valence-electron chi connectivity index (χ3n) is 3.74. The van der Waals surface area contributed by atoms with Crippen molar-refractivity contribution in [2.75, 3.05) is 6.54 Å². The maximum atomic E-state index is 4.27. The lowest BCUT2D eigenvalue weighted by atomic mass is 9.91. The molecular weight excluding hydrogens is 246 g/mol. The second-order valence-electron chi connectivity index (χ2n) is 5.65. The fourth-order valence-electron chi connectivity index (χ4n) is 3.08. The summed E-state index contributed by atoms with van der Waals surface area (Å²) in [5, 5.41) is 7.89. The molecule has 0 bridgehead atoms. The molecule has 0 aliphatic heterocycles. The average molecular weight is 271 g/mol. The van der Waals surface area contributed by atoms with Crippen molar-refractivity contribution in [2.24, 2.45) is 7.05 Å². The van der Waals surface area contributed by atoms with E-state index in [1.807, 2.05) is 17.9 Å². The van der Waals surface area contributed by atoms with Gasteiger partial charge in [0.1, 0.15) is 0 Å². The summed E-state index contributed by atoms with van der Waals surface area (Å²) in [6.07, 6.45) is 5.04. The summed E-state index contributed by atoms with van der Waals surface area (Å²) in [6, 6.07) is 4.90. The first-order valence-corrected chi connectivity index (χ1v) is 7.30. The minimum atomic E-state index is 0.352. The summed E-state index contributed by atoms with van der Waals surface area (Å²) < 4.78 is 1.87. The van der Waals surface area contributed by atoms with E-state index in [9.17, 15) is 0 Å². The Bertz CT molecular complexity index is 561. The second kappa shape index (κ2) is 6.23. The van der Waals surface area contributed by atoms with Crippen molar-refractivity contribution in [3.05, 3.63) is 52.3 Å². The first-order valence-electron chi connectivity index (χ1n) is 7.30. The van der Waals surface area contributed by atoms with Gasteiger partial charge >= 0.3 is 0 Å². The van der Waals surface area contributed by atoms with Crippen LogP contribution in [0.3, 0.4) is 0 Å². The molecule has 2 rings (SSSR count). The molecule has 0 saturated heterocycles. The van der Waals surface area contributed by atoms with Crippen LogP contribution in [0, 0.1) is 20.8 Å². The van der Waals surface area contributed by atoms with E-state index in [1.165, 1.54) is 27.8 Å². The van der Waals surface area contributed by atoms with Crippen LogP contribution in [0.2, 0.25) is 0 Å². The Morgan fingerprint density at radius 3 is 2.35 bits per heavy atom. The molecule has 1 aromatic heterocycles. The van der Waals surface area contributed by atoms with Gasteiger partial charge in [0.25, 0.3) is 0 Å². The molecule has 1 heterocycles. The minimum absolute atomic E-state index is 0.352. The second-order valence-corrected chi connectivity index (χ2v) is 5.65. The van der Waals surface area contributed by atoms with E-state index in [2.05, 4.69) is 56.4 Å². The van der Waals surface area contributed by atoms with Crippen molar-refractivity contribution >= 4 is 0 Å². The Morgan fingerprint density at radius 2 is 1.85 bits per heavy atom. The van der Waals surface area contributed by atoms with Gasteiger partial charge in [0.2, 0.25) is 0 Å². The Labute approximate surface area is 122 Å². The molecule has 0 saturated carbocycles. The van der Waals surface area contributed by atoms with Crippen molar-refractivity contribution in [1.29, 1.82) is 0 Å². The van der Waals surface area contributed by atoms with Crippen LogP contribution in [-0.4, -0.2) is 16.3 Å².